The summed E-state index contributed by atoms with van der Waals surface area (Å²) in [5.74, 6) is 0.848. The molecule has 2 heterocycles. The third-order valence-electron chi connectivity index (χ3n) is 4.23. The Hall–Kier alpha value is -0.610. The maximum Gasteiger partial charge on any atom is 0.152 e. The lowest BCUT2D eigenvalue weighted by atomic mass is 9.79. The lowest BCUT2D eigenvalue weighted by Crippen LogP contribution is -2.45. The Morgan fingerprint density at radius 3 is 2.95 bits per heavy atom. The summed E-state index contributed by atoms with van der Waals surface area (Å²) in [7, 11) is 0. The lowest BCUT2D eigenvalue weighted by molar-refractivity contribution is -0.129. The highest BCUT2D eigenvalue weighted by Crippen LogP contribution is 2.39. The van der Waals surface area contributed by atoms with E-state index < -0.39 is 0 Å². The second kappa shape index (κ2) is 5.80. The van der Waals surface area contributed by atoms with E-state index in [4.69, 9.17) is 9.47 Å². The van der Waals surface area contributed by atoms with E-state index in [0.717, 1.165) is 29.8 Å². The first-order chi connectivity index (χ1) is 9.27. The Kier molecular flexibility index (Phi) is 4.08. The van der Waals surface area contributed by atoms with Gasteiger partial charge >= 0.3 is 0 Å². The van der Waals surface area contributed by atoms with Crippen LogP contribution in [-0.2, 0) is 4.74 Å². The molecule has 0 radical (unpaired) electrons. The molecule has 0 N–H and O–H groups in total. The highest BCUT2D eigenvalue weighted by atomic mass is 79.9. The molecule has 1 aliphatic carbocycles. The highest BCUT2D eigenvalue weighted by Gasteiger charge is 2.39. The van der Waals surface area contributed by atoms with Crippen molar-refractivity contribution in [2.75, 3.05) is 6.61 Å². The molecule has 4 heteroatoms. The van der Waals surface area contributed by atoms with Gasteiger partial charge < -0.3 is 9.47 Å². The molecule has 3 nitrogen and oxygen atoms in total. The molecule has 3 rings (SSSR count). The molecule has 19 heavy (non-hydrogen) atoms. The molecule has 2 aliphatic rings. The SMILES string of the molecule is Brc1ncccc1OC1CCOC2(CCCCC2)C1. The van der Waals surface area contributed by atoms with Crippen molar-refractivity contribution in [3.8, 4) is 5.75 Å². The molecular weight excluding hydrogens is 306 g/mol. The number of hydrogen-bond acceptors (Lipinski definition) is 3. The predicted octanol–water partition coefficient (Wildman–Crippen LogP) is 4.10. The molecule has 1 aliphatic heterocycles. The van der Waals surface area contributed by atoms with Gasteiger partial charge in [0, 0.05) is 19.0 Å². The van der Waals surface area contributed by atoms with Gasteiger partial charge in [-0.25, -0.2) is 4.98 Å². The van der Waals surface area contributed by atoms with E-state index in [1.54, 1.807) is 6.20 Å². The van der Waals surface area contributed by atoms with Crippen molar-refractivity contribution in [1.82, 2.24) is 4.98 Å². The summed E-state index contributed by atoms with van der Waals surface area (Å²) in [6.45, 7) is 0.822. The van der Waals surface area contributed by atoms with Crippen LogP contribution in [0, 0.1) is 0 Å². The Balaban J connectivity index is 1.67. The zero-order valence-corrected chi connectivity index (χ0v) is 12.7. The van der Waals surface area contributed by atoms with Gasteiger partial charge in [-0.3, -0.25) is 0 Å². The third kappa shape index (κ3) is 3.11. The largest absolute Gasteiger partial charge is 0.487 e. The van der Waals surface area contributed by atoms with Gasteiger partial charge in [0.1, 0.15) is 10.7 Å². The molecule has 0 amide bonds. The Bertz CT molecular complexity index is 426. The van der Waals surface area contributed by atoms with Crippen molar-refractivity contribution in [2.45, 2.75) is 56.7 Å². The van der Waals surface area contributed by atoms with E-state index in [2.05, 4.69) is 20.9 Å². The van der Waals surface area contributed by atoms with Gasteiger partial charge in [-0.1, -0.05) is 19.3 Å². The van der Waals surface area contributed by atoms with Crippen LogP contribution in [0.4, 0.5) is 0 Å². The highest BCUT2D eigenvalue weighted by molar-refractivity contribution is 9.10. The lowest BCUT2D eigenvalue weighted by Gasteiger charge is -2.43. The van der Waals surface area contributed by atoms with Crippen LogP contribution in [-0.4, -0.2) is 23.3 Å². The fraction of sp³-hybridized carbons (Fsp3) is 0.667. The standard InChI is InChI=1S/C15H20BrNO2/c16-14-13(5-4-9-17-14)19-12-6-10-18-15(11-12)7-2-1-3-8-15/h4-5,9,12H,1-3,6-8,10-11H2. The molecule has 1 aromatic rings. The second-order valence-corrected chi connectivity index (χ2v) is 6.37. The average Bonchev–Trinajstić information content (AvgIpc) is 2.42. The maximum atomic E-state index is 6.12. The van der Waals surface area contributed by atoms with Crippen LogP contribution in [0.5, 0.6) is 5.75 Å². The van der Waals surface area contributed by atoms with E-state index in [9.17, 15) is 0 Å². The van der Waals surface area contributed by atoms with Crippen molar-refractivity contribution in [3.05, 3.63) is 22.9 Å². The van der Waals surface area contributed by atoms with Gasteiger partial charge in [0.05, 0.1) is 12.2 Å². The summed E-state index contributed by atoms with van der Waals surface area (Å²) in [4.78, 5) is 4.21. The molecule has 104 valence electrons. The van der Waals surface area contributed by atoms with E-state index in [1.165, 1.54) is 32.1 Å². The van der Waals surface area contributed by atoms with Crippen LogP contribution in [0.15, 0.2) is 22.9 Å². The van der Waals surface area contributed by atoms with Crippen molar-refractivity contribution < 1.29 is 9.47 Å². The number of hydrogen-bond donors (Lipinski definition) is 0. The van der Waals surface area contributed by atoms with Crippen LogP contribution in [0.1, 0.15) is 44.9 Å². The summed E-state index contributed by atoms with van der Waals surface area (Å²) < 4.78 is 13.0. The molecule has 0 aromatic carbocycles. The molecule has 0 bridgehead atoms. The molecule has 1 aromatic heterocycles. The monoisotopic (exact) mass is 325 g/mol. The van der Waals surface area contributed by atoms with Crippen molar-refractivity contribution >= 4 is 15.9 Å². The minimum absolute atomic E-state index is 0.0931. The van der Waals surface area contributed by atoms with Crippen molar-refractivity contribution in [2.24, 2.45) is 0 Å². The molecule has 1 atom stereocenters. The van der Waals surface area contributed by atoms with Gasteiger partial charge in [0.2, 0.25) is 0 Å². The second-order valence-electron chi connectivity index (χ2n) is 5.62. The molecule has 1 saturated carbocycles. The number of halogens is 1. The van der Waals surface area contributed by atoms with E-state index >= 15 is 0 Å². The molecule has 1 unspecified atom stereocenters. The van der Waals surface area contributed by atoms with Gasteiger partial charge in [-0.05, 0) is 40.9 Å². The van der Waals surface area contributed by atoms with E-state index in [-0.39, 0.29) is 11.7 Å². The molecule has 2 fully saturated rings. The first-order valence-corrected chi connectivity index (χ1v) is 7.98. The molecular formula is C15H20BrNO2. The summed E-state index contributed by atoms with van der Waals surface area (Å²) in [5, 5.41) is 0. The predicted molar refractivity (Wildman–Crippen MR) is 77.4 cm³/mol. The topological polar surface area (TPSA) is 31.4 Å². The van der Waals surface area contributed by atoms with Crippen molar-refractivity contribution in [1.29, 1.82) is 0 Å². The summed E-state index contributed by atoms with van der Waals surface area (Å²) in [6.07, 6.45) is 10.4. The van der Waals surface area contributed by atoms with Gasteiger partial charge in [-0.15, -0.1) is 0 Å². The Morgan fingerprint density at radius 2 is 2.16 bits per heavy atom. The normalized spacial score (nSPS) is 26.3. The fourth-order valence-corrected chi connectivity index (χ4v) is 3.61. The number of rotatable bonds is 2. The first kappa shape index (κ1) is 13.4. The Morgan fingerprint density at radius 1 is 1.32 bits per heavy atom. The van der Waals surface area contributed by atoms with Gasteiger partial charge in [-0.2, -0.15) is 0 Å². The first-order valence-electron chi connectivity index (χ1n) is 7.19. The summed E-state index contributed by atoms with van der Waals surface area (Å²) in [6, 6.07) is 3.88. The van der Waals surface area contributed by atoms with E-state index in [0.29, 0.717) is 0 Å². The number of nitrogens with zero attached hydrogens (tertiary/aromatic N) is 1. The average molecular weight is 326 g/mol. The quantitative estimate of drug-likeness (QED) is 0.767. The maximum absolute atomic E-state index is 6.12. The third-order valence-corrected chi connectivity index (χ3v) is 4.83. The smallest absolute Gasteiger partial charge is 0.152 e. The van der Waals surface area contributed by atoms with Gasteiger partial charge in [0.15, 0.2) is 5.75 Å². The van der Waals surface area contributed by atoms with E-state index in [1.807, 2.05) is 12.1 Å². The van der Waals surface area contributed by atoms with Crippen LogP contribution < -0.4 is 4.74 Å². The zero-order chi connectivity index (χ0) is 13.1. The van der Waals surface area contributed by atoms with Crippen molar-refractivity contribution in [3.63, 3.8) is 0 Å². The number of aromatic nitrogens is 1. The zero-order valence-electron chi connectivity index (χ0n) is 11.1. The van der Waals surface area contributed by atoms with Crippen LogP contribution in [0.3, 0.4) is 0 Å². The van der Waals surface area contributed by atoms with Crippen LogP contribution in [0.2, 0.25) is 0 Å². The molecule has 1 spiro atoms. The summed E-state index contributed by atoms with van der Waals surface area (Å²) in [5.41, 5.74) is 0.0931. The minimum Gasteiger partial charge on any atom is -0.487 e. The Labute approximate surface area is 122 Å². The number of ether oxygens (including phenoxy) is 2. The van der Waals surface area contributed by atoms with Crippen LogP contribution in [0.25, 0.3) is 0 Å². The van der Waals surface area contributed by atoms with Gasteiger partial charge in [0.25, 0.3) is 0 Å². The fourth-order valence-electron chi connectivity index (χ4n) is 3.27. The van der Waals surface area contributed by atoms with Crippen LogP contribution >= 0.6 is 15.9 Å². The number of pyridine rings is 1. The molecule has 1 saturated heterocycles. The summed E-state index contributed by atoms with van der Waals surface area (Å²) >= 11 is 3.44. The minimum atomic E-state index is 0.0931.